The summed E-state index contributed by atoms with van der Waals surface area (Å²) in [6.45, 7) is 5.24. The summed E-state index contributed by atoms with van der Waals surface area (Å²) >= 11 is 1.70. The fourth-order valence-corrected chi connectivity index (χ4v) is 3.58. The van der Waals surface area contributed by atoms with Crippen molar-refractivity contribution in [3.63, 3.8) is 0 Å². The zero-order chi connectivity index (χ0) is 16.1. The molecule has 0 radical (unpaired) electrons. The van der Waals surface area contributed by atoms with Gasteiger partial charge in [-0.15, -0.1) is 35.3 Å². The monoisotopic (exact) mass is 456 g/mol. The zero-order valence-corrected chi connectivity index (χ0v) is 17.4. The first-order valence-corrected chi connectivity index (χ1v) is 9.09. The number of guanidine groups is 1. The molecule has 0 atom stereocenters. The smallest absolute Gasteiger partial charge is 0.193 e. The Balaban J connectivity index is 0.00000208. The van der Waals surface area contributed by atoms with E-state index in [2.05, 4.69) is 39.6 Å². The summed E-state index contributed by atoms with van der Waals surface area (Å²) in [6.07, 6.45) is 2.49. The molecule has 0 saturated carbocycles. The summed E-state index contributed by atoms with van der Waals surface area (Å²) in [4.78, 5) is 11.5. The van der Waals surface area contributed by atoms with Crippen LogP contribution in [0.3, 0.4) is 0 Å². The van der Waals surface area contributed by atoms with Crippen molar-refractivity contribution >= 4 is 41.3 Å². The lowest BCUT2D eigenvalue weighted by Crippen LogP contribution is -2.45. The number of nitrogens with one attached hydrogen (secondary N) is 1. The average molecular weight is 456 g/mol. The molecule has 0 spiro atoms. The molecule has 2 heterocycles. The Morgan fingerprint density at radius 1 is 1.29 bits per heavy atom. The number of rotatable bonds is 3. The van der Waals surface area contributed by atoms with Crippen LogP contribution < -0.4 is 5.32 Å². The number of nitrogens with zero attached hydrogens (tertiary/aromatic N) is 3. The van der Waals surface area contributed by atoms with Gasteiger partial charge in [-0.25, -0.2) is 4.98 Å². The minimum Gasteiger partial charge on any atom is -0.350 e. The van der Waals surface area contributed by atoms with Gasteiger partial charge in [-0.2, -0.15) is 0 Å². The summed E-state index contributed by atoms with van der Waals surface area (Å²) in [5.41, 5.74) is 2.22. The van der Waals surface area contributed by atoms with Crippen LogP contribution in [0.4, 0.5) is 0 Å². The van der Waals surface area contributed by atoms with Crippen molar-refractivity contribution in [3.05, 3.63) is 40.7 Å². The largest absolute Gasteiger partial charge is 0.350 e. The molecule has 1 aromatic carbocycles. The van der Waals surface area contributed by atoms with Gasteiger partial charge in [-0.05, 0) is 18.8 Å². The molecule has 6 heteroatoms. The van der Waals surface area contributed by atoms with Crippen molar-refractivity contribution in [3.8, 4) is 11.3 Å². The van der Waals surface area contributed by atoms with Crippen molar-refractivity contribution in [1.82, 2.24) is 15.2 Å². The van der Waals surface area contributed by atoms with Crippen molar-refractivity contribution in [1.29, 1.82) is 0 Å². The maximum Gasteiger partial charge on any atom is 0.193 e. The molecule has 1 N–H and O–H groups in total. The highest BCUT2D eigenvalue weighted by Crippen LogP contribution is 2.21. The Morgan fingerprint density at radius 2 is 2.00 bits per heavy atom. The van der Waals surface area contributed by atoms with Crippen LogP contribution in [0, 0.1) is 5.92 Å². The van der Waals surface area contributed by atoms with Gasteiger partial charge in [-0.1, -0.05) is 37.3 Å². The van der Waals surface area contributed by atoms with E-state index in [9.17, 15) is 0 Å². The Labute approximate surface area is 165 Å². The Bertz CT molecular complexity index is 648. The number of aliphatic imine (C=N–C) groups is 1. The van der Waals surface area contributed by atoms with Gasteiger partial charge in [0.1, 0.15) is 5.01 Å². The zero-order valence-electron chi connectivity index (χ0n) is 14.2. The minimum absolute atomic E-state index is 0. The van der Waals surface area contributed by atoms with Crippen molar-refractivity contribution in [2.24, 2.45) is 10.9 Å². The molecule has 4 nitrogen and oxygen atoms in total. The molecule has 1 aromatic heterocycles. The van der Waals surface area contributed by atoms with Crippen LogP contribution in [0.5, 0.6) is 0 Å². The van der Waals surface area contributed by atoms with E-state index < -0.39 is 0 Å². The van der Waals surface area contributed by atoms with Crippen LogP contribution in [0.25, 0.3) is 11.3 Å². The third-order valence-electron chi connectivity index (χ3n) is 4.31. The topological polar surface area (TPSA) is 40.5 Å². The summed E-state index contributed by atoms with van der Waals surface area (Å²) < 4.78 is 0. The Hall–Kier alpha value is -1.15. The van der Waals surface area contributed by atoms with E-state index in [1.54, 1.807) is 11.3 Å². The molecule has 130 valence electrons. The van der Waals surface area contributed by atoms with Gasteiger partial charge in [0.25, 0.3) is 0 Å². The lowest BCUT2D eigenvalue weighted by atomic mass is 10.00. The van der Waals surface area contributed by atoms with Crippen LogP contribution in [0.1, 0.15) is 24.8 Å². The van der Waals surface area contributed by atoms with E-state index in [-0.39, 0.29) is 24.0 Å². The molecule has 3 rings (SSSR count). The number of likely N-dealkylation sites (tertiary alicyclic amines) is 1. The van der Waals surface area contributed by atoms with E-state index in [0.29, 0.717) is 0 Å². The first kappa shape index (κ1) is 19.2. The van der Waals surface area contributed by atoms with Crippen molar-refractivity contribution < 1.29 is 0 Å². The molecule has 0 unspecified atom stereocenters. The molecule has 1 fully saturated rings. The maximum atomic E-state index is 4.73. The molecule has 24 heavy (non-hydrogen) atoms. The molecule has 0 amide bonds. The molecule has 1 aliphatic heterocycles. The first-order chi connectivity index (χ1) is 11.3. The highest BCUT2D eigenvalue weighted by molar-refractivity contribution is 14.0. The molecule has 0 bridgehead atoms. The number of piperidine rings is 1. The summed E-state index contributed by atoms with van der Waals surface area (Å²) in [5, 5.41) is 6.67. The van der Waals surface area contributed by atoms with Crippen LogP contribution in [-0.4, -0.2) is 36.0 Å². The van der Waals surface area contributed by atoms with E-state index in [1.165, 1.54) is 18.4 Å². The molecule has 2 aromatic rings. The van der Waals surface area contributed by atoms with Gasteiger partial charge in [0.2, 0.25) is 0 Å². The summed E-state index contributed by atoms with van der Waals surface area (Å²) in [5.74, 6) is 1.82. The highest BCUT2D eigenvalue weighted by Gasteiger charge is 2.18. The molecule has 1 saturated heterocycles. The van der Waals surface area contributed by atoms with Crippen LogP contribution in [0.2, 0.25) is 0 Å². The van der Waals surface area contributed by atoms with Crippen LogP contribution in [-0.2, 0) is 6.54 Å². The molecule has 1 aliphatic rings. The second-order valence-corrected chi connectivity index (χ2v) is 7.01. The number of benzene rings is 1. The second kappa shape index (κ2) is 9.36. The average Bonchev–Trinajstić information content (AvgIpc) is 3.07. The Morgan fingerprint density at radius 3 is 2.67 bits per heavy atom. The first-order valence-electron chi connectivity index (χ1n) is 8.21. The van der Waals surface area contributed by atoms with Gasteiger partial charge < -0.3 is 10.2 Å². The van der Waals surface area contributed by atoms with E-state index in [4.69, 9.17) is 4.98 Å². The van der Waals surface area contributed by atoms with Crippen molar-refractivity contribution in [2.45, 2.75) is 26.3 Å². The van der Waals surface area contributed by atoms with Crippen LogP contribution in [0.15, 0.2) is 40.7 Å². The van der Waals surface area contributed by atoms with Gasteiger partial charge in [0.15, 0.2) is 5.96 Å². The quantitative estimate of drug-likeness (QED) is 0.427. The number of hydrogen-bond donors (Lipinski definition) is 1. The summed E-state index contributed by atoms with van der Waals surface area (Å²) in [6, 6.07) is 10.3. The molecular formula is C18H25IN4S. The summed E-state index contributed by atoms with van der Waals surface area (Å²) in [7, 11) is 1.86. The van der Waals surface area contributed by atoms with Crippen molar-refractivity contribution in [2.75, 3.05) is 20.1 Å². The standard InChI is InChI=1S/C18H24N4S.HI/c1-14-8-10-22(11-9-14)18(19-2)20-12-17-21-16(13-23-17)15-6-4-3-5-7-15;/h3-7,13-14H,8-12H2,1-2H3,(H,19,20);1H. The fourth-order valence-electron chi connectivity index (χ4n) is 2.84. The van der Waals surface area contributed by atoms with E-state index >= 15 is 0 Å². The second-order valence-electron chi connectivity index (χ2n) is 6.06. The molecule has 0 aliphatic carbocycles. The third-order valence-corrected chi connectivity index (χ3v) is 5.16. The SMILES string of the molecule is CN=C(NCc1nc(-c2ccccc2)cs1)N1CCC(C)CC1.I. The van der Waals surface area contributed by atoms with E-state index in [0.717, 1.165) is 42.2 Å². The number of aromatic nitrogens is 1. The normalized spacial score (nSPS) is 15.9. The lowest BCUT2D eigenvalue weighted by molar-refractivity contribution is 0.273. The minimum atomic E-state index is 0. The van der Waals surface area contributed by atoms with E-state index in [1.807, 2.05) is 25.2 Å². The van der Waals surface area contributed by atoms with Gasteiger partial charge >= 0.3 is 0 Å². The molecular weight excluding hydrogens is 431 g/mol. The number of halogens is 1. The fraction of sp³-hybridized carbons (Fsp3) is 0.444. The lowest BCUT2D eigenvalue weighted by Gasteiger charge is -2.32. The number of hydrogen-bond acceptors (Lipinski definition) is 3. The van der Waals surface area contributed by atoms with Gasteiger partial charge in [0, 0.05) is 31.1 Å². The third kappa shape index (κ3) is 4.92. The van der Waals surface area contributed by atoms with Gasteiger partial charge in [-0.3, -0.25) is 4.99 Å². The predicted molar refractivity (Wildman–Crippen MR) is 113 cm³/mol. The number of thiazole rings is 1. The Kier molecular flexibility index (Phi) is 7.48. The predicted octanol–water partition coefficient (Wildman–Crippen LogP) is 4.24. The van der Waals surface area contributed by atoms with Crippen LogP contribution >= 0.6 is 35.3 Å². The highest BCUT2D eigenvalue weighted by atomic mass is 127. The maximum absolute atomic E-state index is 4.73. The van der Waals surface area contributed by atoms with Gasteiger partial charge in [0.05, 0.1) is 12.2 Å².